The van der Waals surface area contributed by atoms with Crippen LogP contribution in [-0.4, -0.2) is 9.55 Å². The highest BCUT2D eigenvalue weighted by Crippen LogP contribution is 2.65. The molecule has 0 amide bonds. The topological polar surface area (TPSA) is 17.8 Å². The van der Waals surface area contributed by atoms with Crippen LogP contribution in [0.25, 0.3) is 87.6 Å². The average Bonchev–Trinajstić information content (AvgIpc) is 3.89. The molecule has 0 N–H and O–H groups in total. The van der Waals surface area contributed by atoms with Gasteiger partial charge in [-0.2, -0.15) is 0 Å². The van der Waals surface area contributed by atoms with Crippen molar-refractivity contribution in [2.75, 3.05) is 0 Å². The second kappa shape index (κ2) is 12.4. The van der Waals surface area contributed by atoms with E-state index in [1.807, 2.05) is 0 Å². The third-order valence-corrected chi connectivity index (χ3v) is 13.3. The summed E-state index contributed by atoms with van der Waals surface area (Å²) in [5.74, 6) is 2.09. The van der Waals surface area contributed by atoms with Gasteiger partial charge in [0.2, 0.25) is 0 Å². The minimum Gasteiger partial charge on any atom is -0.296 e. The van der Waals surface area contributed by atoms with E-state index in [2.05, 4.69) is 200 Å². The Balaban J connectivity index is 1.06. The first-order chi connectivity index (χ1) is 28.1. The molecular weight excluding hydrogens is 689 g/mol. The summed E-state index contributed by atoms with van der Waals surface area (Å²) in [4.78, 5) is 5.40. The third kappa shape index (κ3) is 4.93. The van der Waals surface area contributed by atoms with Crippen LogP contribution in [0.2, 0.25) is 0 Å². The standard InChI is InChI=1S/C55H40N2/c1-35-29-43(32-44-34-55(35,44)54-56-50-21-11-12-22-51(50)57(54)45-17-3-2-4-18-45)40-27-28-48-49(33-40)53(42-26-24-37-14-6-8-16-39(37)31-42)47-20-10-9-19-46(47)52(48)41-25-23-36-13-5-7-15-38(36)30-41/h2-28,30-33,35,44H,29,34H2,1H3/t35?,44-,55?/m1/s1. The van der Waals surface area contributed by atoms with Crippen LogP contribution in [0.3, 0.4) is 0 Å². The lowest BCUT2D eigenvalue weighted by molar-refractivity contribution is 0.398. The van der Waals surface area contributed by atoms with Gasteiger partial charge in [-0.05, 0) is 144 Å². The molecule has 0 bridgehead atoms. The molecule has 0 radical (unpaired) electrons. The fourth-order valence-electron chi connectivity index (χ4n) is 10.5. The number of rotatable bonds is 5. The Hall–Kier alpha value is -6.77. The van der Waals surface area contributed by atoms with Crippen molar-refractivity contribution in [3.8, 4) is 27.9 Å². The van der Waals surface area contributed by atoms with Gasteiger partial charge >= 0.3 is 0 Å². The van der Waals surface area contributed by atoms with Gasteiger partial charge in [0, 0.05) is 11.1 Å². The fourth-order valence-corrected chi connectivity index (χ4v) is 10.5. The number of hydrogen-bond acceptors (Lipinski definition) is 1. The van der Waals surface area contributed by atoms with E-state index in [-0.39, 0.29) is 5.41 Å². The van der Waals surface area contributed by atoms with Crippen LogP contribution in [0, 0.1) is 11.8 Å². The molecule has 57 heavy (non-hydrogen) atoms. The van der Waals surface area contributed by atoms with Crippen LogP contribution >= 0.6 is 0 Å². The van der Waals surface area contributed by atoms with E-state index >= 15 is 0 Å². The Morgan fingerprint density at radius 2 is 1.07 bits per heavy atom. The second-order valence-electron chi connectivity index (χ2n) is 16.4. The molecule has 10 aromatic rings. The fraction of sp³-hybridized carbons (Fsp3) is 0.109. The SMILES string of the molecule is CC1CC(c2ccc3c(-c4ccc5ccccc5c4)c4ccccc4c(-c4ccc5ccccc5c4)c3c2)=C[C@@H]2CC12c1nc2ccccc2n1-c1ccccc1. The van der Waals surface area contributed by atoms with Crippen LogP contribution in [0.15, 0.2) is 188 Å². The van der Waals surface area contributed by atoms with Gasteiger partial charge in [0.15, 0.2) is 0 Å². The van der Waals surface area contributed by atoms with Crippen molar-refractivity contribution in [1.29, 1.82) is 0 Å². The monoisotopic (exact) mass is 728 g/mol. The molecule has 0 saturated heterocycles. The predicted octanol–water partition coefficient (Wildman–Crippen LogP) is 14.4. The molecule has 2 nitrogen and oxygen atoms in total. The molecule has 2 heteroatoms. The molecule has 0 aliphatic heterocycles. The van der Waals surface area contributed by atoms with Gasteiger partial charge in [-0.15, -0.1) is 0 Å². The number of imidazole rings is 1. The Kier molecular flexibility index (Phi) is 7.04. The van der Waals surface area contributed by atoms with E-state index in [4.69, 9.17) is 4.98 Å². The van der Waals surface area contributed by atoms with Crippen LogP contribution in [0.1, 0.15) is 31.2 Å². The summed E-state index contributed by atoms with van der Waals surface area (Å²) in [6.45, 7) is 2.47. The molecule has 0 spiro atoms. The molecule has 2 unspecified atom stereocenters. The van der Waals surface area contributed by atoms with Crippen LogP contribution in [0.4, 0.5) is 0 Å². The van der Waals surface area contributed by atoms with Crippen molar-refractivity contribution in [2.45, 2.75) is 25.2 Å². The third-order valence-electron chi connectivity index (χ3n) is 13.3. The number of allylic oxidation sites excluding steroid dienone is 2. The van der Waals surface area contributed by atoms with E-state index < -0.39 is 0 Å². The molecule has 12 rings (SSSR count). The minimum atomic E-state index is 0.0188. The van der Waals surface area contributed by atoms with Gasteiger partial charge in [-0.25, -0.2) is 4.98 Å². The highest BCUT2D eigenvalue weighted by atomic mass is 15.1. The summed E-state index contributed by atoms with van der Waals surface area (Å²) in [5, 5.41) is 10.2. The van der Waals surface area contributed by atoms with Gasteiger partial charge in [-0.1, -0.05) is 153 Å². The Morgan fingerprint density at radius 1 is 0.509 bits per heavy atom. The minimum absolute atomic E-state index is 0.0188. The number of fused-ring (bicyclic) bond motifs is 6. The molecule has 3 atom stereocenters. The smallest absolute Gasteiger partial charge is 0.121 e. The first kappa shape index (κ1) is 32.5. The molecule has 1 heterocycles. The number of hydrogen-bond donors (Lipinski definition) is 0. The molecular formula is C55H40N2. The van der Waals surface area contributed by atoms with Crippen molar-refractivity contribution < 1.29 is 0 Å². The van der Waals surface area contributed by atoms with E-state index in [0.717, 1.165) is 18.4 Å². The molecule has 1 fully saturated rings. The first-order valence-electron chi connectivity index (χ1n) is 20.4. The Bertz CT molecular complexity index is 3280. The van der Waals surface area contributed by atoms with Crippen LogP contribution in [0.5, 0.6) is 0 Å². The quantitative estimate of drug-likeness (QED) is 0.161. The lowest BCUT2D eigenvalue weighted by Gasteiger charge is -2.30. The second-order valence-corrected chi connectivity index (χ2v) is 16.4. The van der Waals surface area contributed by atoms with Gasteiger partial charge < -0.3 is 0 Å². The number of benzene rings is 9. The molecule has 270 valence electrons. The average molecular weight is 729 g/mol. The number of para-hydroxylation sites is 3. The zero-order valence-electron chi connectivity index (χ0n) is 31.9. The van der Waals surface area contributed by atoms with Gasteiger partial charge in [0.05, 0.1) is 11.0 Å². The zero-order chi connectivity index (χ0) is 37.7. The summed E-state index contributed by atoms with van der Waals surface area (Å²) >= 11 is 0. The highest BCUT2D eigenvalue weighted by molar-refractivity contribution is 6.22. The van der Waals surface area contributed by atoms with E-state index in [0.29, 0.717) is 11.8 Å². The number of nitrogens with zero attached hydrogens (tertiary/aromatic N) is 2. The van der Waals surface area contributed by atoms with Crippen molar-refractivity contribution in [3.63, 3.8) is 0 Å². The number of aromatic nitrogens is 2. The molecule has 2 aliphatic carbocycles. The lowest BCUT2D eigenvalue weighted by atomic mass is 9.76. The Morgan fingerprint density at radius 3 is 1.75 bits per heavy atom. The summed E-state index contributed by atoms with van der Waals surface area (Å²) in [7, 11) is 0. The first-order valence-corrected chi connectivity index (χ1v) is 20.4. The predicted molar refractivity (Wildman–Crippen MR) is 240 cm³/mol. The maximum absolute atomic E-state index is 5.40. The van der Waals surface area contributed by atoms with Crippen molar-refractivity contribution in [1.82, 2.24) is 9.55 Å². The van der Waals surface area contributed by atoms with Gasteiger partial charge in [0.25, 0.3) is 0 Å². The molecule has 9 aromatic carbocycles. The normalized spacial score (nSPS) is 19.0. The largest absolute Gasteiger partial charge is 0.296 e. The van der Waals surface area contributed by atoms with E-state index in [1.165, 1.54) is 93.5 Å². The van der Waals surface area contributed by atoms with Crippen molar-refractivity contribution in [3.05, 3.63) is 199 Å². The summed E-state index contributed by atoms with van der Waals surface area (Å²) < 4.78 is 2.44. The van der Waals surface area contributed by atoms with Crippen LogP contribution < -0.4 is 0 Å². The molecule has 1 aromatic heterocycles. The highest BCUT2D eigenvalue weighted by Gasteiger charge is 2.62. The maximum atomic E-state index is 5.40. The summed E-state index contributed by atoms with van der Waals surface area (Å²) in [6, 6.07) is 67.2. The molecule has 2 aliphatic rings. The lowest BCUT2D eigenvalue weighted by Crippen LogP contribution is -2.27. The summed E-state index contributed by atoms with van der Waals surface area (Å²) in [6.07, 6.45) is 4.74. The van der Waals surface area contributed by atoms with Crippen molar-refractivity contribution in [2.24, 2.45) is 11.8 Å². The zero-order valence-corrected chi connectivity index (χ0v) is 31.9. The molecule has 1 saturated carbocycles. The summed E-state index contributed by atoms with van der Waals surface area (Å²) in [5.41, 5.74) is 11.4. The Labute approximate surface area is 332 Å². The van der Waals surface area contributed by atoms with Gasteiger partial charge in [-0.3, -0.25) is 4.57 Å². The maximum Gasteiger partial charge on any atom is 0.121 e. The van der Waals surface area contributed by atoms with E-state index in [9.17, 15) is 0 Å². The van der Waals surface area contributed by atoms with Crippen LogP contribution in [-0.2, 0) is 5.41 Å². The van der Waals surface area contributed by atoms with E-state index in [1.54, 1.807) is 0 Å². The van der Waals surface area contributed by atoms with Crippen molar-refractivity contribution >= 4 is 59.7 Å². The van der Waals surface area contributed by atoms with Gasteiger partial charge in [0.1, 0.15) is 5.82 Å².